The molecule has 3 heterocycles. The zero-order valence-electron chi connectivity index (χ0n) is 19.4. The first-order valence-corrected chi connectivity index (χ1v) is 12.7. The molecule has 2 aliphatic carbocycles. The third-order valence-electron chi connectivity index (χ3n) is 8.27. The van der Waals surface area contributed by atoms with Crippen molar-refractivity contribution in [2.24, 2.45) is 11.1 Å². The van der Waals surface area contributed by atoms with Crippen LogP contribution >= 0.6 is 11.6 Å². The lowest BCUT2D eigenvalue weighted by atomic mass is 9.73. The molecule has 0 bridgehead atoms. The van der Waals surface area contributed by atoms with Gasteiger partial charge >= 0.3 is 0 Å². The molecule has 2 aromatic heterocycles. The minimum absolute atomic E-state index is 0.0917. The molecule has 1 fully saturated rings. The van der Waals surface area contributed by atoms with E-state index in [1.165, 1.54) is 21.9 Å². The second-order valence-corrected chi connectivity index (χ2v) is 10.5. The third-order valence-corrected chi connectivity index (χ3v) is 8.50. The topological polar surface area (TPSA) is 67.9 Å². The Morgan fingerprint density at radius 1 is 0.971 bits per heavy atom. The highest BCUT2D eigenvalue weighted by Gasteiger charge is 2.46. The number of nitrogens with zero attached hydrogens (tertiary/aromatic N) is 4. The first kappa shape index (κ1) is 21.0. The quantitative estimate of drug-likeness (QED) is 0.410. The fourth-order valence-corrected chi connectivity index (χ4v) is 6.41. The number of piperidine rings is 1. The molecule has 174 valence electrons. The molecule has 0 radical (unpaired) electrons. The minimum Gasteiger partial charge on any atom is -0.355 e. The van der Waals surface area contributed by atoms with Gasteiger partial charge in [-0.25, -0.2) is 4.98 Å². The molecule has 0 unspecified atom stereocenters. The van der Waals surface area contributed by atoms with Gasteiger partial charge in [0.1, 0.15) is 5.82 Å². The van der Waals surface area contributed by atoms with E-state index in [-0.39, 0.29) is 11.5 Å². The number of fused-ring (bicyclic) bond motifs is 4. The van der Waals surface area contributed by atoms with Crippen molar-refractivity contribution in [2.45, 2.75) is 31.7 Å². The van der Waals surface area contributed by atoms with Gasteiger partial charge in [0.05, 0.1) is 28.3 Å². The average Bonchev–Trinajstić information content (AvgIpc) is 3.44. The molecule has 7 rings (SSSR count). The number of halogens is 1. The van der Waals surface area contributed by atoms with Gasteiger partial charge in [0.25, 0.3) is 0 Å². The number of benzene rings is 2. The highest BCUT2D eigenvalue weighted by atomic mass is 35.5. The molecule has 1 saturated heterocycles. The summed E-state index contributed by atoms with van der Waals surface area (Å²) in [7, 11) is 0. The second kappa shape index (κ2) is 7.87. The number of anilines is 1. The summed E-state index contributed by atoms with van der Waals surface area (Å²) < 4.78 is 0. The zero-order chi connectivity index (χ0) is 23.6. The third kappa shape index (κ3) is 3.29. The van der Waals surface area contributed by atoms with Gasteiger partial charge in [-0.15, -0.1) is 0 Å². The van der Waals surface area contributed by atoms with E-state index >= 15 is 0 Å². The second-order valence-electron chi connectivity index (χ2n) is 10.1. The van der Waals surface area contributed by atoms with Crippen molar-refractivity contribution in [3.05, 3.63) is 100 Å². The Balaban J connectivity index is 1.11. The van der Waals surface area contributed by atoms with Crippen molar-refractivity contribution in [3.8, 4) is 0 Å². The van der Waals surface area contributed by atoms with Gasteiger partial charge in [0, 0.05) is 37.3 Å². The van der Waals surface area contributed by atoms with Crippen LogP contribution in [0.2, 0.25) is 5.02 Å². The molecule has 1 spiro atoms. The van der Waals surface area contributed by atoms with Crippen LogP contribution < -0.4 is 10.6 Å². The van der Waals surface area contributed by atoms with E-state index in [0.29, 0.717) is 5.02 Å². The summed E-state index contributed by atoms with van der Waals surface area (Å²) in [5, 5.41) is 3.31. The Labute approximate surface area is 209 Å². The van der Waals surface area contributed by atoms with Crippen molar-refractivity contribution in [2.75, 3.05) is 18.0 Å². The summed E-state index contributed by atoms with van der Waals surface area (Å²) in [6.07, 6.45) is 9.73. The van der Waals surface area contributed by atoms with E-state index in [4.69, 9.17) is 27.3 Å². The van der Waals surface area contributed by atoms with Crippen molar-refractivity contribution >= 4 is 33.8 Å². The molecule has 0 saturated carbocycles. The maximum atomic E-state index is 6.92. The van der Waals surface area contributed by atoms with Crippen LogP contribution in [0.4, 0.5) is 5.82 Å². The molecule has 0 amide bonds. The van der Waals surface area contributed by atoms with Crippen LogP contribution in [0.3, 0.4) is 0 Å². The number of allylic oxidation sites excluding steroid dienone is 1. The Morgan fingerprint density at radius 2 is 1.83 bits per heavy atom. The summed E-state index contributed by atoms with van der Waals surface area (Å²) in [5.74, 6) is 0.965. The highest BCUT2D eigenvalue weighted by Crippen LogP contribution is 2.52. The number of aromatic nitrogens is 3. The minimum atomic E-state index is 0.0917. The highest BCUT2D eigenvalue weighted by molar-refractivity contribution is 6.30. The largest absolute Gasteiger partial charge is 0.355 e. The van der Waals surface area contributed by atoms with E-state index < -0.39 is 0 Å². The van der Waals surface area contributed by atoms with Crippen molar-refractivity contribution in [1.29, 1.82) is 0 Å². The zero-order valence-corrected chi connectivity index (χ0v) is 20.2. The maximum Gasteiger partial charge on any atom is 0.147 e. The molecule has 1 atom stereocenters. The molecule has 2 N–H and O–H groups in total. The van der Waals surface area contributed by atoms with Crippen molar-refractivity contribution < 1.29 is 0 Å². The predicted octanol–water partition coefficient (Wildman–Crippen LogP) is 5.51. The van der Waals surface area contributed by atoms with Crippen LogP contribution in [0.1, 0.15) is 47.1 Å². The van der Waals surface area contributed by atoms with Gasteiger partial charge in [-0.3, -0.25) is 9.97 Å². The fraction of sp³-hybridized carbons (Fsp3) is 0.276. The van der Waals surface area contributed by atoms with Gasteiger partial charge in [0.15, 0.2) is 0 Å². The summed E-state index contributed by atoms with van der Waals surface area (Å²) in [4.78, 5) is 16.7. The van der Waals surface area contributed by atoms with Crippen molar-refractivity contribution in [3.63, 3.8) is 0 Å². The van der Waals surface area contributed by atoms with Crippen LogP contribution in [0, 0.1) is 5.41 Å². The maximum absolute atomic E-state index is 6.92. The smallest absolute Gasteiger partial charge is 0.147 e. The van der Waals surface area contributed by atoms with Crippen molar-refractivity contribution in [1.82, 2.24) is 15.0 Å². The molecule has 35 heavy (non-hydrogen) atoms. The Morgan fingerprint density at radius 3 is 2.66 bits per heavy atom. The lowest BCUT2D eigenvalue weighted by Gasteiger charge is -2.42. The molecular formula is C29H26ClN5. The molecule has 3 aliphatic rings. The van der Waals surface area contributed by atoms with E-state index in [1.54, 1.807) is 6.20 Å². The van der Waals surface area contributed by atoms with E-state index in [2.05, 4.69) is 52.4 Å². The summed E-state index contributed by atoms with van der Waals surface area (Å²) in [5.41, 5.74) is 13.7. The SMILES string of the molecule is N[C@@H]1c2ccc3ccccc3c2CC12CCN(c1cnc3c(n1)CC=C3c1ccc(Cl)cn1)CC2. The van der Waals surface area contributed by atoms with Crippen LogP contribution in [0.5, 0.6) is 0 Å². The number of hydrogen-bond acceptors (Lipinski definition) is 5. The van der Waals surface area contributed by atoms with E-state index in [0.717, 1.165) is 67.2 Å². The first-order valence-electron chi connectivity index (χ1n) is 12.3. The fourth-order valence-electron chi connectivity index (χ4n) is 6.30. The lowest BCUT2D eigenvalue weighted by Crippen LogP contribution is -2.44. The summed E-state index contributed by atoms with van der Waals surface area (Å²) in [6, 6.07) is 17.1. The average molecular weight is 480 g/mol. The molecule has 5 nitrogen and oxygen atoms in total. The molecule has 4 aromatic rings. The van der Waals surface area contributed by atoms with E-state index in [1.807, 2.05) is 18.3 Å². The van der Waals surface area contributed by atoms with Gasteiger partial charge in [0.2, 0.25) is 0 Å². The summed E-state index contributed by atoms with van der Waals surface area (Å²) >= 11 is 6.01. The number of rotatable bonds is 2. The number of pyridine rings is 1. The Hall–Kier alpha value is -3.28. The van der Waals surface area contributed by atoms with Crippen LogP contribution in [0.25, 0.3) is 16.3 Å². The van der Waals surface area contributed by atoms with Gasteiger partial charge in [-0.05, 0) is 58.7 Å². The van der Waals surface area contributed by atoms with Gasteiger partial charge in [-0.1, -0.05) is 54.1 Å². The molecule has 1 aliphatic heterocycles. The summed E-state index contributed by atoms with van der Waals surface area (Å²) in [6.45, 7) is 1.90. The first-order chi connectivity index (χ1) is 17.1. The Bertz CT molecular complexity index is 1490. The lowest BCUT2D eigenvalue weighted by molar-refractivity contribution is 0.187. The molecular weight excluding hydrogens is 454 g/mol. The Kier molecular flexibility index (Phi) is 4.73. The van der Waals surface area contributed by atoms with Gasteiger partial charge < -0.3 is 10.6 Å². The van der Waals surface area contributed by atoms with E-state index in [9.17, 15) is 0 Å². The molecule has 2 aromatic carbocycles. The normalized spacial score (nSPS) is 20.2. The molecule has 6 heteroatoms. The van der Waals surface area contributed by atoms with Crippen LogP contribution in [0.15, 0.2) is 67.0 Å². The number of hydrogen-bond donors (Lipinski definition) is 1. The monoisotopic (exact) mass is 479 g/mol. The van der Waals surface area contributed by atoms with Crippen LogP contribution in [-0.2, 0) is 12.8 Å². The standard InChI is InChI=1S/C29H26ClN5/c30-19-6-9-24(32-16-19)22-8-10-25-27(22)33-17-26(34-25)35-13-11-29(12-14-35)15-23-20-4-2-1-3-18(20)5-7-21(23)28(29)31/h1-9,16-17,28H,10-15,31H2/t28-/m1/s1. The predicted molar refractivity (Wildman–Crippen MR) is 141 cm³/mol. The van der Waals surface area contributed by atoms with Crippen LogP contribution in [-0.4, -0.2) is 28.0 Å². The van der Waals surface area contributed by atoms with Gasteiger partial charge in [-0.2, -0.15) is 0 Å². The number of nitrogens with two attached hydrogens (primary N) is 1.